The largest absolute Gasteiger partial charge is 0.467 e. The van der Waals surface area contributed by atoms with E-state index in [4.69, 9.17) is 9.47 Å². The van der Waals surface area contributed by atoms with E-state index in [1.807, 2.05) is 20.8 Å². The summed E-state index contributed by atoms with van der Waals surface area (Å²) >= 11 is 0. The summed E-state index contributed by atoms with van der Waals surface area (Å²) in [4.78, 5) is 42.7. The lowest BCUT2D eigenvalue weighted by atomic mass is 10.2. The van der Waals surface area contributed by atoms with E-state index in [0.29, 0.717) is 31.9 Å². The average molecular weight is 609 g/mol. The Hall–Kier alpha value is -4.58. The molecule has 12 heteroatoms. The molecule has 0 radical (unpaired) electrons. The Morgan fingerprint density at radius 3 is 1.93 bits per heavy atom. The van der Waals surface area contributed by atoms with Crippen LogP contribution in [0.15, 0.2) is 89.8 Å². The second kappa shape index (κ2) is 13.2. The molecule has 11 nitrogen and oxygen atoms in total. The molecule has 4 rings (SSSR count). The molecule has 1 aliphatic rings. The number of anilines is 3. The van der Waals surface area contributed by atoms with Crippen molar-refractivity contribution in [3.05, 3.63) is 84.9 Å². The summed E-state index contributed by atoms with van der Waals surface area (Å²) in [6.45, 7) is 7.44. The lowest BCUT2D eigenvalue weighted by Gasteiger charge is -2.37. The summed E-state index contributed by atoms with van der Waals surface area (Å²) < 4.78 is 39.2. The normalized spacial score (nSPS) is 14.4. The minimum Gasteiger partial charge on any atom is -0.467 e. The van der Waals surface area contributed by atoms with Crippen LogP contribution in [0.4, 0.5) is 21.9 Å². The van der Waals surface area contributed by atoms with Gasteiger partial charge in [-0.25, -0.2) is 22.3 Å². The van der Waals surface area contributed by atoms with Crippen molar-refractivity contribution in [2.75, 3.05) is 47.8 Å². The number of methoxy groups -OCH3 is 1. The van der Waals surface area contributed by atoms with E-state index in [1.165, 1.54) is 12.1 Å². The molecule has 1 unspecified atom stereocenters. The highest BCUT2D eigenvalue weighted by molar-refractivity contribution is 7.93. The molecule has 228 valence electrons. The van der Waals surface area contributed by atoms with Crippen molar-refractivity contribution >= 4 is 45.1 Å². The van der Waals surface area contributed by atoms with Crippen molar-refractivity contribution in [1.82, 2.24) is 4.90 Å². The van der Waals surface area contributed by atoms with Crippen LogP contribution in [0.1, 0.15) is 20.8 Å². The third-order valence-corrected chi connectivity index (χ3v) is 8.46. The molecule has 0 aromatic heterocycles. The van der Waals surface area contributed by atoms with Gasteiger partial charge in [0.2, 0.25) is 6.04 Å². The van der Waals surface area contributed by atoms with Gasteiger partial charge in [0.1, 0.15) is 5.60 Å². The average Bonchev–Trinajstić information content (AvgIpc) is 2.99. The van der Waals surface area contributed by atoms with E-state index in [2.05, 4.69) is 10.2 Å². The van der Waals surface area contributed by atoms with Gasteiger partial charge < -0.3 is 24.6 Å². The molecular weight excluding hydrogens is 572 g/mol. The van der Waals surface area contributed by atoms with E-state index >= 15 is 0 Å². The number of hydrogen-bond acceptors (Lipinski definition) is 8. The smallest absolute Gasteiger partial charge is 0.410 e. The van der Waals surface area contributed by atoms with Gasteiger partial charge in [-0.2, -0.15) is 0 Å². The predicted octanol–water partition coefficient (Wildman–Crippen LogP) is 4.12. The fourth-order valence-electron chi connectivity index (χ4n) is 4.57. The topological polar surface area (TPSA) is 126 Å². The summed E-state index contributed by atoms with van der Waals surface area (Å²) in [7, 11) is -3.32. The second-order valence-electron chi connectivity index (χ2n) is 10.9. The molecule has 0 bridgehead atoms. The van der Waals surface area contributed by atoms with Crippen LogP contribution >= 0.6 is 0 Å². The molecule has 1 heterocycles. The molecule has 1 aliphatic heterocycles. The fraction of sp³-hybridized carbons (Fsp3) is 0.323. The van der Waals surface area contributed by atoms with Gasteiger partial charge in [0.05, 0.1) is 17.7 Å². The Kier molecular flexibility index (Phi) is 9.59. The molecule has 1 fully saturated rings. The third-order valence-electron chi connectivity index (χ3n) is 6.65. The Bertz CT molecular complexity index is 1520. The van der Waals surface area contributed by atoms with Crippen LogP contribution in [-0.4, -0.2) is 76.2 Å². The first-order valence-corrected chi connectivity index (χ1v) is 15.2. The zero-order valence-corrected chi connectivity index (χ0v) is 25.4. The molecule has 0 spiro atoms. The van der Waals surface area contributed by atoms with E-state index in [0.717, 1.165) is 17.1 Å². The molecule has 1 saturated heterocycles. The minimum atomic E-state index is -4.42. The molecule has 1 atom stereocenters. The van der Waals surface area contributed by atoms with Crippen molar-refractivity contribution in [3.8, 4) is 0 Å². The van der Waals surface area contributed by atoms with Gasteiger partial charge in [-0.15, -0.1) is 0 Å². The van der Waals surface area contributed by atoms with Gasteiger partial charge >= 0.3 is 12.1 Å². The fourth-order valence-corrected chi connectivity index (χ4v) is 6.16. The second-order valence-corrected chi connectivity index (χ2v) is 12.7. The van der Waals surface area contributed by atoms with Gasteiger partial charge in [0.15, 0.2) is 0 Å². The first-order valence-electron chi connectivity index (χ1n) is 13.8. The number of carbonyl (C=O) groups is 3. The number of nitrogens with one attached hydrogen (secondary N) is 1. The maximum Gasteiger partial charge on any atom is 0.410 e. The van der Waals surface area contributed by atoms with Crippen LogP contribution in [0, 0.1) is 0 Å². The summed E-state index contributed by atoms with van der Waals surface area (Å²) in [5, 5.41) is 2.62. The predicted molar refractivity (Wildman–Crippen MR) is 163 cm³/mol. The van der Waals surface area contributed by atoms with Crippen molar-refractivity contribution in [3.63, 3.8) is 0 Å². The SMILES string of the molecule is COC(=O)C(C(=O)Nc1ccccc1)N(c1ccc(N2CCN(C(=O)OC(C)(C)C)CC2)cc1)S(=O)(=O)c1ccccc1. The minimum absolute atomic E-state index is 0.0959. The molecule has 43 heavy (non-hydrogen) atoms. The zero-order chi connectivity index (χ0) is 31.2. The molecule has 1 N–H and O–H groups in total. The van der Waals surface area contributed by atoms with E-state index < -0.39 is 33.5 Å². The molecule has 3 aromatic carbocycles. The lowest BCUT2D eigenvalue weighted by molar-refractivity contribution is -0.144. The van der Waals surface area contributed by atoms with E-state index in [-0.39, 0.29) is 16.7 Å². The number of benzene rings is 3. The van der Waals surface area contributed by atoms with Gasteiger partial charge in [-0.05, 0) is 69.3 Å². The Morgan fingerprint density at radius 1 is 0.837 bits per heavy atom. The van der Waals surface area contributed by atoms with E-state index in [9.17, 15) is 22.8 Å². The van der Waals surface area contributed by atoms with Gasteiger partial charge in [0, 0.05) is 37.6 Å². The summed E-state index contributed by atoms with van der Waals surface area (Å²) in [6.07, 6.45) is -0.369. The number of hydrogen-bond donors (Lipinski definition) is 1. The Labute approximate surface area is 252 Å². The quantitative estimate of drug-likeness (QED) is 0.299. The van der Waals surface area contributed by atoms with Crippen LogP contribution in [0.5, 0.6) is 0 Å². The number of nitrogens with zero attached hydrogens (tertiary/aromatic N) is 3. The number of para-hydroxylation sites is 1. The maximum absolute atomic E-state index is 14.0. The van der Waals surface area contributed by atoms with Crippen molar-refractivity contribution in [2.24, 2.45) is 0 Å². The summed E-state index contributed by atoms with van der Waals surface area (Å²) in [5.74, 6) is -1.92. The summed E-state index contributed by atoms with van der Waals surface area (Å²) in [5.41, 5.74) is 0.682. The van der Waals surface area contributed by atoms with Crippen molar-refractivity contribution < 1.29 is 32.3 Å². The Balaban J connectivity index is 1.64. The number of esters is 1. The van der Waals surface area contributed by atoms with Crippen molar-refractivity contribution in [2.45, 2.75) is 37.3 Å². The van der Waals surface area contributed by atoms with Gasteiger partial charge in [0.25, 0.3) is 15.9 Å². The van der Waals surface area contributed by atoms with Crippen LogP contribution in [0.2, 0.25) is 0 Å². The van der Waals surface area contributed by atoms with Gasteiger partial charge in [-0.3, -0.25) is 4.79 Å². The molecule has 3 aromatic rings. The molecule has 0 aliphatic carbocycles. The standard InChI is InChI=1S/C31H36N4O7S/c1-31(2,3)42-30(38)34-21-19-33(20-22-34)24-15-17-25(18-16-24)35(43(39,40)26-13-9-6-10-14-26)27(29(37)41-4)28(36)32-23-11-7-5-8-12-23/h5-18,27H,19-22H2,1-4H3,(H,32,36). The van der Waals surface area contributed by atoms with E-state index in [1.54, 1.807) is 77.7 Å². The van der Waals surface area contributed by atoms with Gasteiger partial charge in [-0.1, -0.05) is 36.4 Å². The monoisotopic (exact) mass is 608 g/mol. The Morgan fingerprint density at radius 2 is 1.40 bits per heavy atom. The highest BCUT2D eigenvalue weighted by Crippen LogP contribution is 2.30. The molecular formula is C31H36N4O7S. The summed E-state index contributed by atoms with van der Waals surface area (Å²) in [6, 6.07) is 20.6. The first kappa shape index (κ1) is 31.4. The number of rotatable bonds is 8. The number of ether oxygens (including phenoxy) is 2. The zero-order valence-electron chi connectivity index (χ0n) is 24.6. The third kappa shape index (κ3) is 7.63. The maximum atomic E-state index is 14.0. The van der Waals surface area contributed by atoms with Crippen LogP contribution < -0.4 is 14.5 Å². The van der Waals surface area contributed by atoms with Crippen LogP contribution in [0.3, 0.4) is 0 Å². The molecule has 0 saturated carbocycles. The van der Waals surface area contributed by atoms with Crippen LogP contribution in [0.25, 0.3) is 0 Å². The number of piperazine rings is 1. The lowest BCUT2D eigenvalue weighted by Crippen LogP contribution is -2.52. The van der Waals surface area contributed by atoms with Crippen molar-refractivity contribution in [1.29, 1.82) is 0 Å². The number of amides is 2. The highest BCUT2D eigenvalue weighted by atomic mass is 32.2. The van der Waals surface area contributed by atoms with Crippen LogP contribution in [-0.2, 0) is 29.1 Å². The molecule has 2 amide bonds. The first-order chi connectivity index (χ1) is 20.4. The highest BCUT2D eigenvalue weighted by Gasteiger charge is 2.42. The number of carbonyl (C=O) groups excluding carboxylic acids is 3. The number of sulfonamides is 1.